The molecule has 1 atom stereocenters. The SMILES string of the molecule is CC(C)(C)OC(=O)NC(COC(=O)c1ccc(C(=O)O)cc1)c1ccc2c(c1)C(C)(C)CCC2(C)C. The van der Waals surface area contributed by atoms with Gasteiger partial charge < -0.3 is 19.9 Å². The molecule has 194 valence electrons. The number of hydrogen-bond acceptors (Lipinski definition) is 5. The second-order valence-electron chi connectivity index (χ2n) is 11.8. The van der Waals surface area contributed by atoms with Gasteiger partial charge in [-0.25, -0.2) is 14.4 Å². The minimum Gasteiger partial charge on any atom is -0.478 e. The number of fused-ring (bicyclic) bond motifs is 1. The molecule has 1 amide bonds. The van der Waals surface area contributed by atoms with E-state index in [1.807, 2.05) is 6.07 Å². The van der Waals surface area contributed by atoms with E-state index in [9.17, 15) is 14.4 Å². The van der Waals surface area contributed by atoms with Gasteiger partial charge in [0.25, 0.3) is 0 Å². The molecule has 0 radical (unpaired) electrons. The fraction of sp³-hybridized carbons (Fsp3) is 0.483. The summed E-state index contributed by atoms with van der Waals surface area (Å²) in [5, 5.41) is 11.9. The van der Waals surface area contributed by atoms with Crippen LogP contribution in [0.1, 0.15) is 105 Å². The summed E-state index contributed by atoms with van der Waals surface area (Å²) < 4.78 is 11.0. The number of alkyl carbamates (subject to hydrolysis) is 1. The first-order valence-electron chi connectivity index (χ1n) is 12.2. The molecule has 7 nitrogen and oxygen atoms in total. The largest absolute Gasteiger partial charge is 0.478 e. The lowest BCUT2D eigenvalue weighted by molar-refractivity contribution is 0.0368. The van der Waals surface area contributed by atoms with Gasteiger partial charge in [-0.05, 0) is 85.4 Å². The monoisotopic (exact) mass is 495 g/mol. The number of amides is 1. The van der Waals surface area contributed by atoms with Crippen LogP contribution in [0.2, 0.25) is 0 Å². The Morgan fingerprint density at radius 3 is 2.03 bits per heavy atom. The molecule has 0 saturated heterocycles. The summed E-state index contributed by atoms with van der Waals surface area (Å²) in [5.74, 6) is -1.68. The van der Waals surface area contributed by atoms with Gasteiger partial charge >= 0.3 is 18.0 Å². The summed E-state index contributed by atoms with van der Waals surface area (Å²) in [5.41, 5.74) is 2.97. The number of carbonyl (C=O) groups excluding carboxylic acids is 2. The van der Waals surface area contributed by atoms with E-state index >= 15 is 0 Å². The number of aromatic carboxylic acids is 1. The van der Waals surface area contributed by atoms with Crippen LogP contribution in [0.4, 0.5) is 4.79 Å². The van der Waals surface area contributed by atoms with Crippen molar-refractivity contribution in [3.05, 3.63) is 70.3 Å². The smallest absolute Gasteiger partial charge is 0.408 e. The topological polar surface area (TPSA) is 102 Å². The Bertz CT molecular complexity index is 1140. The van der Waals surface area contributed by atoms with Crippen LogP contribution < -0.4 is 5.32 Å². The molecule has 0 fully saturated rings. The van der Waals surface area contributed by atoms with Gasteiger partial charge in [-0.2, -0.15) is 0 Å². The first-order valence-corrected chi connectivity index (χ1v) is 12.2. The van der Waals surface area contributed by atoms with E-state index in [0.717, 1.165) is 18.4 Å². The number of benzene rings is 2. The zero-order chi connectivity index (χ0) is 26.9. The first-order chi connectivity index (χ1) is 16.6. The van der Waals surface area contributed by atoms with E-state index in [2.05, 4.69) is 45.1 Å². The highest BCUT2D eigenvalue weighted by molar-refractivity contribution is 5.92. The third-order valence-electron chi connectivity index (χ3n) is 6.72. The number of nitrogens with one attached hydrogen (secondary N) is 1. The summed E-state index contributed by atoms with van der Waals surface area (Å²) in [6.45, 7) is 14.2. The maximum atomic E-state index is 12.7. The Morgan fingerprint density at radius 1 is 0.917 bits per heavy atom. The molecular formula is C29H37NO6. The van der Waals surface area contributed by atoms with Gasteiger partial charge in [-0.3, -0.25) is 0 Å². The van der Waals surface area contributed by atoms with E-state index in [-0.39, 0.29) is 28.6 Å². The molecule has 2 aromatic rings. The lowest BCUT2D eigenvalue weighted by Crippen LogP contribution is -2.38. The Labute approximate surface area is 213 Å². The molecule has 0 bridgehead atoms. The molecule has 1 aliphatic rings. The highest BCUT2D eigenvalue weighted by atomic mass is 16.6. The Kier molecular flexibility index (Phi) is 7.53. The molecule has 0 spiro atoms. The number of hydrogen-bond donors (Lipinski definition) is 2. The second kappa shape index (κ2) is 9.96. The van der Waals surface area contributed by atoms with Crippen LogP contribution in [-0.4, -0.2) is 35.3 Å². The average Bonchev–Trinajstić information content (AvgIpc) is 2.78. The van der Waals surface area contributed by atoms with Gasteiger partial charge in [0, 0.05) is 0 Å². The fourth-order valence-corrected chi connectivity index (χ4v) is 4.49. The van der Waals surface area contributed by atoms with Crippen molar-refractivity contribution in [1.82, 2.24) is 5.32 Å². The maximum absolute atomic E-state index is 12.7. The van der Waals surface area contributed by atoms with Gasteiger partial charge in [-0.1, -0.05) is 45.9 Å². The number of carboxylic acid groups (broad SMARTS) is 1. The molecule has 1 unspecified atom stereocenters. The fourth-order valence-electron chi connectivity index (χ4n) is 4.49. The molecule has 3 rings (SSSR count). The van der Waals surface area contributed by atoms with Crippen molar-refractivity contribution in [3.63, 3.8) is 0 Å². The number of carboxylic acids is 1. The van der Waals surface area contributed by atoms with Crippen molar-refractivity contribution in [2.75, 3.05) is 6.61 Å². The summed E-state index contributed by atoms with van der Waals surface area (Å²) in [6.07, 6.45) is 1.53. The van der Waals surface area contributed by atoms with Crippen molar-refractivity contribution in [2.24, 2.45) is 0 Å². The van der Waals surface area contributed by atoms with Crippen LogP contribution in [0.5, 0.6) is 0 Å². The van der Waals surface area contributed by atoms with Gasteiger partial charge in [0.1, 0.15) is 12.2 Å². The number of ether oxygens (including phenoxy) is 2. The van der Waals surface area contributed by atoms with Crippen LogP contribution in [0, 0.1) is 0 Å². The quantitative estimate of drug-likeness (QED) is 0.466. The highest BCUT2D eigenvalue weighted by Gasteiger charge is 2.37. The van der Waals surface area contributed by atoms with Crippen LogP contribution in [0.15, 0.2) is 42.5 Å². The number of rotatable bonds is 6. The van der Waals surface area contributed by atoms with E-state index < -0.39 is 29.7 Å². The lowest BCUT2D eigenvalue weighted by atomic mass is 9.63. The Balaban J connectivity index is 1.88. The van der Waals surface area contributed by atoms with Gasteiger partial charge in [0.05, 0.1) is 17.2 Å². The van der Waals surface area contributed by atoms with E-state index in [1.54, 1.807) is 20.8 Å². The number of carbonyl (C=O) groups is 3. The Hall–Kier alpha value is -3.35. The summed E-state index contributed by atoms with van der Waals surface area (Å²) in [4.78, 5) is 36.4. The van der Waals surface area contributed by atoms with Gasteiger partial charge in [-0.15, -0.1) is 0 Å². The Morgan fingerprint density at radius 2 is 1.47 bits per heavy atom. The van der Waals surface area contributed by atoms with Crippen LogP contribution in [0.3, 0.4) is 0 Å². The summed E-state index contributed by atoms with van der Waals surface area (Å²) in [7, 11) is 0. The standard InChI is InChI=1S/C29H37NO6/c1-27(2,3)36-26(34)30-23(17-35-25(33)19-10-8-18(9-11-19)24(31)32)20-12-13-21-22(16-20)29(6,7)15-14-28(21,4)5/h8-13,16,23H,14-15,17H2,1-7H3,(H,30,34)(H,31,32). The van der Waals surface area contributed by atoms with Crippen molar-refractivity contribution in [2.45, 2.75) is 83.8 Å². The van der Waals surface area contributed by atoms with Crippen molar-refractivity contribution in [1.29, 1.82) is 0 Å². The van der Waals surface area contributed by atoms with E-state index in [4.69, 9.17) is 14.6 Å². The van der Waals surface area contributed by atoms with Crippen LogP contribution in [0.25, 0.3) is 0 Å². The zero-order valence-corrected chi connectivity index (χ0v) is 22.2. The molecule has 2 N–H and O–H groups in total. The predicted molar refractivity (Wildman–Crippen MR) is 138 cm³/mol. The molecule has 7 heteroatoms. The molecule has 0 aromatic heterocycles. The lowest BCUT2D eigenvalue weighted by Gasteiger charge is -2.42. The molecular weight excluding hydrogens is 458 g/mol. The van der Waals surface area contributed by atoms with Crippen LogP contribution in [-0.2, 0) is 20.3 Å². The summed E-state index contributed by atoms with van der Waals surface area (Å²) >= 11 is 0. The summed E-state index contributed by atoms with van der Waals surface area (Å²) in [6, 6.07) is 11.1. The van der Waals surface area contributed by atoms with Gasteiger partial charge in [0.2, 0.25) is 0 Å². The van der Waals surface area contributed by atoms with Crippen molar-refractivity contribution in [3.8, 4) is 0 Å². The van der Waals surface area contributed by atoms with Crippen LogP contribution >= 0.6 is 0 Å². The molecule has 2 aromatic carbocycles. The molecule has 0 saturated carbocycles. The van der Waals surface area contributed by atoms with Gasteiger partial charge in [0.15, 0.2) is 0 Å². The first kappa shape index (κ1) is 27.2. The predicted octanol–water partition coefficient (Wildman–Crippen LogP) is 6.16. The maximum Gasteiger partial charge on any atom is 0.408 e. The second-order valence-corrected chi connectivity index (χ2v) is 11.8. The third kappa shape index (κ3) is 6.45. The van der Waals surface area contributed by atoms with E-state index in [0.29, 0.717) is 0 Å². The third-order valence-corrected chi connectivity index (χ3v) is 6.72. The molecule has 1 aliphatic carbocycles. The molecule has 0 aliphatic heterocycles. The minimum atomic E-state index is -1.07. The minimum absolute atomic E-state index is 0.0279. The molecule has 36 heavy (non-hydrogen) atoms. The zero-order valence-electron chi connectivity index (χ0n) is 22.2. The van der Waals surface area contributed by atoms with E-state index in [1.165, 1.54) is 35.4 Å². The molecule has 0 heterocycles. The number of esters is 1. The van der Waals surface area contributed by atoms with Crippen molar-refractivity contribution >= 4 is 18.0 Å². The van der Waals surface area contributed by atoms with Crippen molar-refractivity contribution < 1.29 is 29.0 Å². The highest BCUT2D eigenvalue weighted by Crippen LogP contribution is 2.46. The normalized spacial score (nSPS) is 16.9. The average molecular weight is 496 g/mol.